The summed E-state index contributed by atoms with van der Waals surface area (Å²) in [5, 5.41) is 2.43. The number of H-pyrrole nitrogens is 1. The van der Waals surface area contributed by atoms with Crippen molar-refractivity contribution in [1.82, 2.24) is 15.0 Å². The fraction of sp³-hybridized carbons (Fsp3) is 0. The molecule has 0 unspecified atom stereocenters. The Labute approximate surface area is 122 Å². The van der Waals surface area contributed by atoms with Crippen molar-refractivity contribution >= 4 is 40.8 Å². The van der Waals surface area contributed by atoms with Crippen LogP contribution in [0.2, 0.25) is 0 Å². The Hall–Kier alpha value is -2.75. The SMILES string of the molecule is C=Bc1cnc2nc(-c3ccc4ccccc4c3)[nH]c2c1. The molecular weight excluding hydrogens is 257 g/mol. The van der Waals surface area contributed by atoms with Crippen molar-refractivity contribution in [3.05, 3.63) is 54.7 Å². The molecule has 0 fully saturated rings. The van der Waals surface area contributed by atoms with E-state index in [9.17, 15) is 0 Å². The Kier molecular flexibility index (Phi) is 2.67. The molecule has 0 aliphatic carbocycles. The number of fused-ring (bicyclic) bond motifs is 2. The average molecular weight is 269 g/mol. The third-order valence-electron chi connectivity index (χ3n) is 3.62. The monoisotopic (exact) mass is 269 g/mol. The van der Waals surface area contributed by atoms with Crippen LogP contribution >= 0.6 is 0 Å². The van der Waals surface area contributed by atoms with E-state index in [0.29, 0.717) is 0 Å². The minimum absolute atomic E-state index is 0.726. The molecule has 0 atom stereocenters. The first kappa shape index (κ1) is 12.0. The molecular formula is C17H12BN3. The third kappa shape index (κ3) is 2.05. The van der Waals surface area contributed by atoms with Gasteiger partial charge < -0.3 is 0 Å². The molecule has 0 aliphatic heterocycles. The van der Waals surface area contributed by atoms with Gasteiger partial charge in [-0.3, -0.25) is 0 Å². The quantitative estimate of drug-likeness (QED) is 0.568. The molecule has 1 N–H and O–H groups in total. The van der Waals surface area contributed by atoms with E-state index in [1.54, 1.807) is 13.1 Å². The van der Waals surface area contributed by atoms with Crippen LogP contribution in [-0.2, 0) is 0 Å². The third-order valence-corrected chi connectivity index (χ3v) is 3.62. The number of aromatic nitrogens is 3. The van der Waals surface area contributed by atoms with Crippen LogP contribution < -0.4 is 5.46 Å². The molecule has 2 aromatic carbocycles. The molecule has 21 heavy (non-hydrogen) atoms. The van der Waals surface area contributed by atoms with Crippen molar-refractivity contribution in [2.24, 2.45) is 0 Å². The van der Waals surface area contributed by atoms with Crippen molar-refractivity contribution in [2.75, 3.05) is 0 Å². The van der Waals surface area contributed by atoms with Gasteiger partial charge in [-0.2, -0.15) is 0 Å². The van der Waals surface area contributed by atoms with Gasteiger partial charge in [0.25, 0.3) is 0 Å². The Morgan fingerprint density at radius 2 is 1.86 bits per heavy atom. The maximum atomic E-state index is 4.56. The standard InChI is InChI=1S/C17H12BN3/c1-18-14-9-15-17(19-10-14)21-16(20-15)13-7-6-11-4-2-3-5-12(11)8-13/h2-10H,1H2,(H,19,20,21). The van der Waals surface area contributed by atoms with E-state index >= 15 is 0 Å². The summed E-state index contributed by atoms with van der Waals surface area (Å²) in [5.41, 5.74) is 3.70. The van der Waals surface area contributed by atoms with E-state index in [1.165, 1.54) is 10.8 Å². The predicted molar refractivity (Wildman–Crippen MR) is 89.3 cm³/mol. The van der Waals surface area contributed by atoms with Gasteiger partial charge in [-0.1, -0.05) is 0 Å². The number of hydrogen-bond acceptors (Lipinski definition) is 2. The summed E-state index contributed by atoms with van der Waals surface area (Å²) in [4.78, 5) is 12.2. The first-order chi connectivity index (χ1) is 10.3. The fourth-order valence-corrected chi connectivity index (χ4v) is 2.50. The summed E-state index contributed by atoms with van der Waals surface area (Å²) in [6.07, 6.45) is 1.78. The van der Waals surface area contributed by atoms with Crippen LogP contribution in [0.5, 0.6) is 0 Å². The molecule has 4 rings (SSSR count). The number of imidazole rings is 1. The second kappa shape index (κ2) is 4.67. The van der Waals surface area contributed by atoms with Gasteiger partial charge in [0, 0.05) is 0 Å². The van der Waals surface area contributed by atoms with Crippen LogP contribution in [0.4, 0.5) is 0 Å². The molecule has 0 saturated carbocycles. The average Bonchev–Trinajstić information content (AvgIpc) is 2.97. The molecule has 3 nitrogen and oxygen atoms in total. The van der Waals surface area contributed by atoms with Gasteiger partial charge >= 0.3 is 122 Å². The van der Waals surface area contributed by atoms with Crippen molar-refractivity contribution in [2.45, 2.75) is 0 Å². The predicted octanol–water partition coefficient (Wildman–Crippen LogP) is 2.54. The number of benzene rings is 2. The summed E-state index contributed by atoms with van der Waals surface area (Å²) in [6, 6.07) is 16.6. The molecule has 4 aromatic rings. The van der Waals surface area contributed by atoms with Crippen molar-refractivity contribution in [3.8, 4) is 11.4 Å². The van der Waals surface area contributed by atoms with Crippen LogP contribution in [0.3, 0.4) is 0 Å². The van der Waals surface area contributed by atoms with E-state index in [-0.39, 0.29) is 0 Å². The van der Waals surface area contributed by atoms with Crippen LogP contribution in [0, 0.1) is 0 Å². The van der Waals surface area contributed by atoms with Gasteiger partial charge in [0.1, 0.15) is 0 Å². The summed E-state index contributed by atoms with van der Waals surface area (Å²) < 4.78 is 0. The zero-order valence-electron chi connectivity index (χ0n) is 11.4. The number of nitrogens with zero attached hydrogens (tertiary/aromatic N) is 2. The number of hydrogen-bond donors (Lipinski definition) is 1. The molecule has 0 bridgehead atoms. The van der Waals surface area contributed by atoms with Gasteiger partial charge in [0.05, 0.1) is 0 Å². The normalized spacial score (nSPS) is 10.9. The van der Waals surface area contributed by atoms with Crippen molar-refractivity contribution in [3.63, 3.8) is 0 Å². The molecule has 0 radical (unpaired) electrons. The van der Waals surface area contributed by atoms with Gasteiger partial charge in [0.15, 0.2) is 0 Å². The van der Waals surface area contributed by atoms with Crippen LogP contribution in [-0.4, -0.2) is 28.3 Å². The maximum absolute atomic E-state index is 4.56. The summed E-state index contributed by atoms with van der Waals surface area (Å²) in [6.45, 7) is 5.54. The first-order valence-corrected chi connectivity index (χ1v) is 6.81. The number of pyridine rings is 1. The Bertz CT molecular complexity index is 972. The van der Waals surface area contributed by atoms with Gasteiger partial charge in [0.2, 0.25) is 0 Å². The topological polar surface area (TPSA) is 41.6 Å². The van der Waals surface area contributed by atoms with E-state index in [0.717, 1.165) is 28.0 Å². The van der Waals surface area contributed by atoms with Gasteiger partial charge in [-0.25, -0.2) is 0 Å². The number of aromatic amines is 1. The van der Waals surface area contributed by atoms with E-state index < -0.39 is 0 Å². The Morgan fingerprint density at radius 1 is 1.00 bits per heavy atom. The summed E-state index contributed by atoms with van der Waals surface area (Å²) in [7, 11) is 0. The molecule has 2 aromatic heterocycles. The van der Waals surface area contributed by atoms with Crippen molar-refractivity contribution in [1.29, 1.82) is 0 Å². The molecule has 4 heteroatoms. The molecule has 98 valence electrons. The van der Waals surface area contributed by atoms with Crippen molar-refractivity contribution < 1.29 is 0 Å². The number of nitrogens with one attached hydrogen (secondary N) is 1. The minimum atomic E-state index is 0.726. The van der Waals surface area contributed by atoms with E-state index in [4.69, 9.17) is 0 Å². The van der Waals surface area contributed by atoms with Crippen LogP contribution in [0.25, 0.3) is 33.3 Å². The Balaban J connectivity index is 1.89. The number of rotatable bonds is 2. The zero-order valence-corrected chi connectivity index (χ0v) is 11.4. The second-order valence-corrected chi connectivity index (χ2v) is 4.99. The molecule has 0 saturated heterocycles. The van der Waals surface area contributed by atoms with Crippen LogP contribution in [0.15, 0.2) is 54.7 Å². The summed E-state index contributed by atoms with van der Waals surface area (Å²) >= 11 is 0. The van der Waals surface area contributed by atoms with E-state index in [2.05, 4.69) is 51.8 Å². The summed E-state index contributed by atoms with van der Waals surface area (Å²) in [5.74, 6) is 0.837. The fourth-order valence-electron chi connectivity index (χ4n) is 2.50. The molecule has 2 heterocycles. The van der Waals surface area contributed by atoms with Gasteiger partial charge in [-0.05, 0) is 0 Å². The zero-order chi connectivity index (χ0) is 14.2. The van der Waals surface area contributed by atoms with Crippen LogP contribution in [0.1, 0.15) is 0 Å². The molecule has 0 spiro atoms. The van der Waals surface area contributed by atoms with E-state index in [1.807, 2.05) is 18.2 Å². The Morgan fingerprint density at radius 3 is 2.71 bits per heavy atom. The second-order valence-electron chi connectivity index (χ2n) is 4.99. The van der Waals surface area contributed by atoms with Gasteiger partial charge in [-0.15, -0.1) is 0 Å². The molecule has 0 amide bonds. The molecule has 0 aliphatic rings. The first-order valence-electron chi connectivity index (χ1n) is 6.81.